The van der Waals surface area contributed by atoms with E-state index >= 15 is 0 Å². The predicted octanol–water partition coefficient (Wildman–Crippen LogP) is 3.09. The van der Waals surface area contributed by atoms with Gasteiger partial charge in [0.05, 0.1) is 17.2 Å². The zero-order chi connectivity index (χ0) is 13.5. The van der Waals surface area contributed by atoms with Crippen LogP contribution in [0.2, 0.25) is 5.02 Å². The Hall–Kier alpha value is -1.26. The maximum Gasteiger partial charge on any atom is 0.337 e. The molecule has 0 aliphatic heterocycles. The first-order chi connectivity index (χ1) is 8.50. The fourth-order valence-corrected chi connectivity index (χ4v) is 1.49. The molecule has 1 N–H and O–H groups in total. The van der Waals surface area contributed by atoms with E-state index in [4.69, 9.17) is 26.2 Å². The van der Waals surface area contributed by atoms with Gasteiger partial charge in [-0.1, -0.05) is 25.4 Å². The van der Waals surface area contributed by atoms with Gasteiger partial charge in [-0.15, -0.1) is 0 Å². The number of carbonyl (C=O) groups is 1. The Kier molecular flexibility index (Phi) is 5.95. The Bertz CT molecular complexity index is 404. The second-order valence-electron chi connectivity index (χ2n) is 4.26. The largest absolute Gasteiger partial charge is 0.491 e. The first-order valence-corrected chi connectivity index (χ1v) is 6.12. The number of benzene rings is 1. The molecule has 0 saturated heterocycles. The normalized spacial score (nSPS) is 10.7. The van der Waals surface area contributed by atoms with E-state index in [9.17, 15) is 4.79 Å². The molecule has 1 aromatic rings. The lowest BCUT2D eigenvalue weighted by molar-refractivity contribution is 0.0695. The van der Waals surface area contributed by atoms with Gasteiger partial charge >= 0.3 is 5.97 Å². The highest BCUT2D eigenvalue weighted by Gasteiger charge is 2.09. The highest BCUT2D eigenvalue weighted by Crippen LogP contribution is 2.22. The molecule has 100 valence electrons. The molecule has 5 heteroatoms. The zero-order valence-corrected chi connectivity index (χ0v) is 11.2. The summed E-state index contributed by atoms with van der Waals surface area (Å²) in [5.74, 6) is -0.106. The monoisotopic (exact) mass is 272 g/mol. The van der Waals surface area contributed by atoms with E-state index in [-0.39, 0.29) is 10.6 Å². The van der Waals surface area contributed by atoms with Crippen molar-refractivity contribution in [1.29, 1.82) is 0 Å². The van der Waals surface area contributed by atoms with Crippen LogP contribution in [0, 0.1) is 5.92 Å². The minimum absolute atomic E-state index is 0.0391. The average Bonchev–Trinajstić information content (AvgIpc) is 2.30. The summed E-state index contributed by atoms with van der Waals surface area (Å²) in [5, 5.41) is 9.10. The molecule has 0 saturated carbocycles. The minimum atomic E-state index is -1.07. The van der Waals surface area contributed by atoms with Crippen molar-refractivity contribution in [3.63, 3.8) is 0 Å². The number of hydrogen-bond acceptors (Lipinski definition) is 3. The maximum atomic E-state index is 10.9. The van der Waals surface area contributed by atoms with Crippen molar-refractivity contribution in [3.8, 4) is 5.75 Å². The summed E-state index contributed by atoms with van der Waals surface area (Å²) in [5.41, 5.74) is 0.0391. The molecule has 1 aromatic carbocycles. The number of carboxylic acid groups (broad SMARTS) is 1. The number of ether oxygens (including phenoxy) is 2. The summed E-state index contributed by atoms with van der Waals surface area (Å²) in [6, 6.07) is 4.56. The number of rotatable bonds is 7. The van der Waals surface area contributed by atoms with Crippen LogP contribution in [0.3, 0.4) is 0 Å². The quantitative estimate of drug-likeness (QED) is 0.775. The molecule has 0 aromatic heterocycles. The van der Waals surface area contributed by atoms with E-state index in [0.29, 0.717) is 31.5 Å². The first-order valence-electron chi connectivity index (χ1n) is 5.74. The van der Waals surface area contributed by atoms with Crippen molar-refractivity contribution in [1.82, 2.24) is 0 Å². The zero-order valence-electron chi connectivity index (χ0n) is 10.5. The summed E-state index contributed by atoms with van der Waals surface area (Å²) in [6.45, 7) is 5.68. The molecule has 0 atom stereocenters. The van der Waals surface area contributed by atoms with Crippen molar-refractivity contribution in [2.24, 2.45) is 5.92 Å². The Balaban J connectivity index is 2.43. The first kappa shape index (κ1) is 14.8. The molecule has 0 heterocycles. The lowest BCUT2D eigenvalue weighted by Gasteiger charge is -2.09. The van der Waals surface area contributed by atoms with Crippen LogP contribution in [-0.2, 0) is 4.74 Å². The number of hydrogen-bond donors (Lipinski definition) is 1. The van der Waals surface area contributed by atoms with E-state index < -0.39 is 5.97 Å². The molecule has 0 aliphatic carbocycles. The fraction of sp³-hybridized carbons (Fsp3) is 0.462. The predicted molar refractivity (Wildman–Crippen MR) is 69.6 cm³/mol. The van der Waals surface area contributed by atoms with E-state index in [1.165, 1.54) is 12.1 Å². The topological polar surface area (TPSA) is 55.8 Å². The standard InChI is InChI=1S/C13H17ClO4/c1-9(2)8-17-5-6-18-10-3-4-12(14)11(7-10)13(15)16/h3-4,7,9H,5-6,8H2,1-2H3,(H,15,16). The molecule has 0 bridgehead atoms. The number of halogens is 1. The van der Waals surface area contributed by atoms with Gasteiger partial charge in [-0.25, -0.2) is 4.79 Å². The molecule has 0 radical (unpaired) electrons. The molecular formula is C13H17ClO4. The Morgan fingerprint density at radius 3 is 2.72 bits per heavy atom. The third kappa shape index (κ3) is 4.94. The van der Waals surface area contributed by atoms with Crippen LogP contribution in [0.4, 0.5) is 0 Å². The van der Waals surface area contributed by atoms with Crippen LogP contribution in [-0.4, -0.2) is 30.9 Å². The second kappa shape index (κ2) is 7.24. The summed E-state index contributed by atoms with van der Waals surface area (Å²) in [4.78, 5) is 10.9. The minimum Gasteiger partial charge on any atom is -0.491 e. The molecule has 0 spiro atoms. The Labute approximate surface area is 111 Å². The van der Waals surface area contributed by atoms with Crippen LogP contribution >= 0.6 is 11.6 Å². The Morgan fingerprint density at radius 1 is 1.39 bits per heavy atom. The molecule has 0 aliphatic rings. The molecular weight excluding hydrogens is 256 g/mol. The lowest BCUT2D eigenvalue weighted by atomic mass is 10.2. The second-order valence-corrected chi connectivity index (χ2v) is 4.67. The van der Waals surface area contributed by atoms with Crippen molar-refractivity contribution in [3.05, 3.63) is 28.8 Å². The molecule has 0 fully saturated rings. The third-order valence-electron chi connectivity index (χ3n) is 2.12. The highest BCUT2D eigenvalue weighted by molar-refractivity contribution is 6.33. The van der Waals surface area contributed by atoms with Crippen molar-refractivity contribution in [2.75, 3.05) is 19.8 Å². The van der Waals surface area contributed by atoms with Gasteiger partial charge in [-0.2, -0.15) is 0 Å². The number of aromatic carboxylic acids is 1. The van der Waals surface area contributed by atoms with Gasteiger partial charge in [0.1, 0.15) is 12.4 Å². The van der Waals surface area contributed by atoms with Crippen LogP contribution in [0.5, 0.6) is 5.75 Å². The van der Waals surface area contributed by atoms with Gasteiger partial charge in [-0.05, 0) is 24.1 Å². The molecule has 1 rings (SSSR count). The van der Waals surface area contributed by atoms with Gasteiger partial charge in [0.15, 0.2) is 0 Å². The summed E-state index contributed by atoms with van der Waals surface area (Å²) < 4.78 is 10.7. The SMILES string of the molecule is CC(C)COCCOc1ccc(Cl)c(C(=O)O)c1. The average molecular weight is 273 g/mol. The highest BCUT2D eigenvalue weighted by atomic mass is 35.5. The van der Waals surface area contributed by atoms with Crippen molar-refractivity contribution >= 4 is 17.6 Å². The van der Waals surface area contributed by atoms with Crippen molar-refractivity contribution in [2.45, 2.75) is 13.8 Å². The molecule has 0 amide bonds. The van der Waals surface area contributed by atoms with E-state index in [1.807, 2.05) is 0 Å². The molecule has 0 unspecified atom stereocenters. The van der Waals surface area contributed by atoms with Crippen LogP contribution in [0.15, 0.2) is 18.2 Å². The van der Waals surface area contributed by atoms with Crippen molar-refractivity contribution < 1.29 is 19.4 Å². The lowest BCUT2D eigenvalue weighted by Crippen LogP contribution is -2.10. The third-order valence-corrected chi connectivity index (χ3v) is 2.45. The Morgan fingerprint density at radius 2 is 2.11 bits per heavy atom. The van der Waals surface area contributed by atoms with Gasteiger partial charge in [0.2, 0.25) is 0 Å². The maximum absolute atomic E-state index is 10.9. The molecule has 4 nitrogen and oxygen atoms in total. The smallest absolute Gasteiger partial charge is 0.337 e. The van der Waals surface area contributed by atoms with E-state index in [0.717, 1.165) is 0 Å². The van der Waals surface area contributed by atoms with E-state index in [1.54, 1.807) is 6.07 Å². The fourth-order valence-electron chi connectivity index (χ4n) is 1.30. The van der Waals surface area contributed by atoms with Gasteiger partial charge in [0, 0.05) is 6.61 Å². The van der Waals surface area contributed by atoms with Gasteiger partial charge in [-0.3, -0.25) is 0 Å². The number of carboxylic acids is 1. The van der Waals surface area contributed by atoms with Gasteiger partial charge < -0.3 is 14.6 Å². The summed E-state index contributed by atoms with van der Waals surface area (Å²) in [6.07, 6.45) is 0. The van der Waals surface area contributed by atoms with E-state index in [2.05, 4.69) is 13.8 Å². The molecule has 18 heavy (non-hydrogen) atoms. The van der Waals surface area contributed by atoms with Gasteiger partial charge in [0.25, 0.3) is 0 Å². The summed E-state index contributed by atoms with van der Waals surface area (Å²) >= 11 is 5.75. The van der Waals surface area contributed by atoms with Crippen LogP contribution < -0.4 is 4.74 Å². The van der Waals surface area contributed by atoms with Crippen LogP contribution in [0.1, 0.15) is 24.2 Å². The summed E-state index contributed by atoms with van der Waals surface area (Å²) in [7, 11) is 0. The van der Waals surface area contributed by atoms with Crippen LogP contribution in [0.25, 0.3) is 0 Å².